The highest BCUT2D eigenvalue weighted by molar-refractivity contribution is 5.98. The van der Waals surface area contributed by atoms with Crippen molar-refractivity contribution in [3.63, 3.8) is 0 Å². The van der Waals surface area contributed by atoms with Crippen LogP contribution in [0.2, 0.25) is 0 Å². The van der Waals surface area contributed by atoms with Crippen LogP contribution < -0.4 is 5.32 Å². The lowest BCUT2D eigenvalue weighted by atomic mass is 9.83. The fourth-order valence-corrected chi connectivity index (χ4v) is 5.25. The van der Waals surface area contributed by atoms with E-state index in [0.717, 1.165) is 13.0 Å². The first-order valence-corrected chi connectivity index (χ1v) is 12.0. The average molecular weight is 426 g/mol. The zero-order valence-corrected chi connectivity index (χ0v) is 18.5. The van der Waals surface area contributed by atoms with E-state index in [1.807, 2.05) is 0 Å². The molecular weight excluding hydrogens is 390 g/mol. The predicted octanol–water partition coefficient (Wildman–Crippen LogP) is 3.27. The fourth-order valence-electron chi connectivity index (χ4n) is 5.25. The topological polar surface area (TPSA) is 69.7 Å². The molecule has 2 saturated heterocycles. The van der Waals surface area contributed by atoms with Crippen molar-refractivity contribution in [1.29, 1.82) is 0 Å². The van der Waals surface area contributed by atoms with E-state index in [2.05, 4.69) is 10.2 Å². The van der Waals surface area contributed by atoms with Gasteiger partial charge in [-0.3, -0.25) is 14.4 Å². The summed E-state index contributed by atoms with van der Waals surface area (Å²) in [5.41, 5.74) is 1.18. The third-order valence-corrected chi connectivity index (χ3v) is 7.17. The molecule has 1 aromatic carbocycles. The summed E-state index contributed by atoms with van der Waals surface area (Å²) in [5.74, 6) is 0.641. The molecule has 1 N–H and O–H groups in total. The molecule has 1 aromatic rings. The van der Waals surface area contributed by atoms with Crippen LogP contribution in [0.3, 0.4) is 0 Å². The first-order valence-electron chi connectivity index (χ1n) is 12.0. The van der Waals surface area contributed by atoms with Gasteiger partial charge in [-0.15, -0.1) is 0 Å². The van der Waals surface area contributed by atoms with Crippen LogP contribution in [0, 0.1) is 5.92 Å². The maximum Gasteiger partial charge on any atom is 0.253 e. The molecule has 6 heteroatoms. The Morgan fingerprint density at radius 2 is 1.48 bits per heavy atom. The third kappa shape index (κ3) is 5.73. The molecule has 6 nitrogen and oxygen atoms in total. The fraction of sp³-hybridized carbons (Fsp3) is 0.640. The molecule has 2 amide bonds. The van der Waals surface area contributed by atoms with Crippen molar-refractivity contribution >= 4 is 17.6 Å². The van der Waals surface area contributed by atoms with Gasteiger partial charge in [0, 0.05) is 49.6 Å². The van der Waals surface area contributed by atoms with Gasteiger partial charge in [-0.1, -0.05) is 19.3 Å². The number of carbonyl (C=O) groups is 3. The quantitative estimate of drug-likeness (QED) is 0.786. The van der Waals surface area contributed by atoms with Crippen LogP contribution in [0.4, 0.5) is 0 Å². The van der Waals surface area contributed by atoms with Gasteiger partial charge in [0.15, 0.2) is 0 Å². The van der Waals surface area contributed by atoms with Gasteiger partial charge in [0.1, 0.15) is 5.78 Å². The maximum atomic E-state index is 12.9. The highest BCUT2D eigenvalue weighted by atomic mass is 16.2. The maximum absolute atomic E-state index is 12.9. The number of nitrogens with zero attached hydrogens (tertiary/aromatic N) is 2. The van der Waals surface area contributed by atoms with Crippen LogP contribution in [0.25, 0.3) is 0 Å². The van der Waals surface area contributed by atoms with Gasteiger partial charge in [-0.2, -0.15) is 0 Å². The largest absolute Gasteiger partial charge is 0.349 e. The van der Waals surface area contributed by atoms with Crippen molar-refractivity contribution in [2.24, 2.45) is 5.92 Å². The van der Waals surface area contributed by atoms with Crippen LogP contribution in [-0.4, -0.2) is 66.2 Å². The number of amides is 2. The number of hydrogen-bond acceptors (Lipinski definition) is 4. The van der Waals surface area contributed by atoms with Crippen molar-refractivity contribution in [3.05, 3.63) is 35.4 Å². The molecule has 0 radical (unpaired) electrons. The molecule has 2 aliphatic heterocycles. The Bertz CT molecular complexity index is 776. The second-order valence-electron chi connectivity index (χ2n) is 9.39. The zero-order valence-electron chi connectivity index (χ0n) is 18.5. The summed E-state index contributed by atoms with van der Waals surface area (Å²) in [5, 5.41) is 3.29. The SMILES string of the molecule is O=C1CCN(C(=O)c2ccc(C(=O)NC3CCCCC3CN3CCCCC3)cc2)CC1. The number of carbonyl (C=O) groups excluding carboxylic acids is 3. The van der Waals surface area contributed by atoms with Crippen LogP contribution in [0.1, 0.15) is 78.5 Å². The number of piperidine rings is 2. The summed E-state index contributed by atoms with van der Waals surface area (Å²) in [6.07, 6.45) is 9.47. The smallest absolute Gasteiger partial charge is 0.253 e. The number of hydrogen-bond donors (Lipinski definition) is 1. The van der Waals surface area contributed by atoms with Crippen LogP contribution in [-0.2, 0) is 4.79 Å². The lowest BCUT2D eigenvalue weighted by Crippen LogP contribution is -2.47. The monoisotopic (exact) mass is 425 g/mol. The van der Waals surface area contributed by atoms with Crippen LogP contribution in [0.15, 0.2) is 24.3 Å². The number of ketones is 1. The third-order valence-electron chi connectivity index (χ3n) is 7.17. The molecule has 4 rings (SSSR count). The van der Waals surface area contributed by atoms with Crippen molar-refractivity contribution in [1.82, 2.24) is 15.1 Å². The van der Waals surface area contributed by atoms with E-state index in [0.29, 0.717) is 43.0 Å². The molecule has 2 unspecified atom stereocenters. The summed E-state index contributed by atoms with van der Waals surface area (Å²) < 4.78 is 0. The van der Waals surface area contributed by atoms with E-state index in [-0.39, 0.29) is 23.6 Å². The van der Waals surface area contributed by atoms with Gasteiger partial charge in [0.2, 0.25) is 0 Å². The van der Waals surface area contributed by atoms with Gasteiger partial charge >= 0.3 is 0 Å². The van der Waals surface area contributed by atoms with E-state index in [1.54, 1.807) is 29.2 Å². The van der Waals surface area contributed by atoms with Crippen molar-refractivity contribution in [3.8, 4) is 0 Å². The Labute approximate surface area is 185 Å². The first kappa shape index (κ1) is 22.0. The number of rotatable bonds is 5. The van der Waals surface area contributed by atoms with Gasteiger partial charge in [0.05, 0.1) is 0 Å². The minimum absolute atomic E-state index is 0.0434. The molecule has 168 valence electrons. The Morgan fingerprint density at radius 1 is 0.839 bits per heavy atom. The lowest BCUT2D eigenvalue weighted by molar-refractivity contribution is -0.120. The highest BCUT2D eigenvalue weighted by Crippen LogP contribution is 2.27. The van der Waals surface area contributed by atoms with Gasteiger partial charge in [-0.25, -0.2) is 0 Å². The molecule has 2 heterocycles. The van der Waals surface area contributed by atoms with E-state index in [9.17, 15) is 14.4 Å². The summed E-state index contributed by atoms with van der Waals surface area (Å²) in [6, 6.07) is 7.20. The second-order valence-corrected chi connectivity index (χ2v) is 9.39. The molecule has 1 saturated carbocycles. The minimum atomic E-state index is -0.0617. The van der Waals surface area contributed by atoms with Crippen molar-refractivity contribution < 1.29 is 14.4 Å². The molecule has 0 bridgehead atoms. The minimum Gasteiger partial charge on any atom is -0.349 e. The van der Waals surface area contributed by atoms with Crippen LogP contribution >= 0.6 is 0 Å². The van der Waals surface area contributed by atoms with Crippen LogP contribution in [0.5, 0.6) is 0 Å². The molecule has 0 spiro atoms. The predicted molar refractivity (Wildman–Crippen MR) is 120 cm³/mol. The Balaban J connectivity index is 1.33. The molecule has 1 aliphatic carbocycles. The molecule has 3 fully saturated rings. The number of likely N-dealkylation sites (tertiary alicyclic amines) is 2. The van der Waals surface area contributed by atoms with Crippen molar-refractivity contribution in [2.75, 3.05) is 32.7 Å². The van der Waals surface area contributed by atoms with E-state index >= 15 is 0 Å². The zero-order chi connectivity index (χ0) is 21.6. The summed E-state index contributed by atoms with van der Waals surface area (Å²) in [4.78, 5) is 41.3. The first-order chi connectivity index (χ1) is 15.1. The molecule has 31 heavy (non-hydrogen) atoms. The van der Waals surface area contributed by atoms with E-state index in [1.165, 1.54) is 51.6 Å². The highest BCUT2D eigenvalue weighted by Gasteiger charge is 2.29. The molecular formula is C25H35N3O3. The summed E-state index contributed by atoms with van der Waals surface area (Å²) in [7, 11) is 0. The normalized spacial score (nSPS) is 25.3. The Hall–Kier alpha value is -2.21. The van der Waals surface area contributed by atoms with Gasteiger partial charge < -0.3 is 15.1 Å². The lowest BCUT2D eigenvalue weighted by Gasteiger charge is -2.37. The molecule has 3 aliphatic rings. The molecule has 2 atom stereocenters. The van der Waals surface area contributed by atoms with E-state index in [4.69, 9.17) is 0 Å². The van der Waals surface area contributed by atoms with E-state index < -0.39 is 0 Å². The van der Waals surface area contributed by atoms with Gasteiger partial charge in [0.25, 0.3) is 11.8 Å². The number of nitrogens with one attached hydrogen (secondary N) is 1. The number of Topliss-reactive ketones (excluding diaryl/α,β-unsaturated/α-hetero) is 1. The van der Waals surface area contributed by atoms with Crippen molar-refractivity contribution in [2.45, 2.75) is 63.8 Å². The van der Waals surface area contributed by atoms with Gasteiger partial charge in [-0.05, 0) is 69.0 Å². The standard InChI is InChI=1S/C25H35N3O3/c29-22-12-16-28(17-13-22)25(31)20-10-8-19(9-11-20)24(30)26-23-7-3-2-6-21(23)18-27-14-4-1-5-15-27/h8-11,21,23H,1-7,12-18H2,(H,26,30). The Kier molecular flexibility index (Phi) is 7.38. The summed E-state index contributed by atoms with van der Waals surface area (Å²) in [6.45, 7) is 4.45. The Morgan fingerprint density at radius 3 is 2.19 bits per heavy atom. The second kappa shape index (κ2) is 10.4. The molecule has 0 aromatic heterocycles. The summed E-state index contributed by atoms with van der Waals surface area (Å²) >= 11 is 0. The number of benzene rings is 1. The average Bonchev–Trinajstić information content (AvgIpc) is 2.81.